The van der Waals surface area contributed by atoms with E-state index in [9.17, 15) is 4.39 Å². The molecule has 0 aromatic rings. The van der Waals surface area contributed by atoms with Gasteiger partial charge in [-0.25, -0.2) is 4.39 Å². The molecule has 0 radical (unpaired) electrons. The SMILES string of the molecule is CC[C@@H](C)C1(F)C=CCCC1. The zero-order chi connectivity index (χ0) is 8.32. The number of hydrogen-bond acceptors (Lipinski definition) is 0. The average Bonchev–Trinajstić information content (AvgIpc) is 2.04. The van der Waals surface area contributed by atoms with E-state index in [0.717, 1.165) is 25.7 Å². The molecule has 11 heavy (non-hydrogen) atoms. The largest absolute Gasteiger partial charge is 0.239 e. The van der Waals surface area contributed by atoms with Gasteiger partial charge in [0.05, 0.1) is 0 Å². The van der Waals surface area contributed by atoms with E-state index in [-0.39, 0.29) is 5.92 Å². The summed E-state index contributed by atoms with van der Waals surface area (Å²) in [6, 6.07) is 0. The minimum Gasteiger partial charge on any atom is -0.239 e. The standard InChI is InChI=1S/C10H17F/c1-3-9(2)10(11)7-5-4-6-8-10/h5,7,9H,3-4,6,8H2,1-2H3/t9-,10?/m1/s1. The molecule has 0 bridgehead atoms. The maximum Gasteiger partial charge on any atom is 0.131 e. The van der Waals surface area contributed by atoms with Gasteiger partial charge in [0.2, 0.25) is 0 Å². The number of allylic oxidation sites excluding steroid dienone is 2. The van der Waals surface area contributed by atoms with Crippen molar-refractivity contribution in [3.8, 4) is 0 Å². The molecule has 0 N–H and O–H groups in total. The summed E-state index contributed by atoms with van der Waals surface area (Å²) in [5.41, 5.74) is -0.993. The first kappa shape index (κ1) is 8.76. The van der Waals surface area contributed by atoms with Crippen molar-refractivity contribution in [2.45, 2.75) is 45.2 Å². The molecule has 1 heteroatoms. The summed E-state index contributed by atoms with van der Waals surface area (Å²) in [5.74, 6) is 0.180. The Hall–Kier alpha value is -0.330. The second-order valence-corrected chi connectivity index (χ2v) is 3.53. The van der Waals surface area contributed by atoms with Gasteiger partial charge >= 0.3 is 0 Å². The van der Waals surface area contributed by atoms with E-state index in [1.54, 1.807) is 6.08 Å². The monoisotopic (exact) mass is 156 g/mol. The normalized spacial score (nSPS) is 33.7. The van der Waals surface area contributed by atoms with Crippen LogP contribution in [-0.4, -0.2) is 5.67 Å². The predicted molar refractivity (Wildman–Crippen MR) is 46.3 cm³/mol. The predicted octanol–water partition coefficient (Wildman–Crippen LogP) is 3.48. The Kier molecular flexibility index (Phi) is 2.69. The Bertz CT molecular complexity index is 151. The fraction of sp³-hybridized carbons (Fsp3) is 0.800. The lowest BCUT2D eigenvalue weighted by molar-refractivity contribution is 0.124. The van der Waals surface area contributed by atoms with Crippen LogP contribution >= 0.6 is 0 Å². The summed E-state index contributed by atoms with van der Waals surface area (Å²) in [6.45, 7) is 4.05. The molecule has 1 rings (SSSR count). The first-order chi connectivity index (χ1) is 5.19. The smallest absolute Gasteiger partial charge is 0.131 e. The van der Waals surface area contributed by atoms with E-state index < -0.39 is 5.67 Å². The third-order valence-electron chi connectivity index (χ3n) is 2.76. The van der Waals surface area contributed by atoms with Crippen LogP contribution in [0.3, 0.4) is 0 Å². The Morgan fingerprint density at radius 1 is 1.64 bits per heavy atom. The minimum atomic E-state index is -0.993. The van der Waals surface area contributed by atoms with Crippen molar-refractivity contribution in [2.75, 3.05) is 0 Å². The fourth-order valence-electron chi connectivity index (χ4n) is 1.60. The van der Waals surface area contributed by atoms with Gasteiger partial charge in [0.25, 0.3) is 0 Å². The topological polar surface area (TPSA) is 0 Å². The highest BCUT2D eigenvalue weighted by molar-refractivity contribution is 5.07. The van der Waals surface area contributed by atoms with Gasteiger partial charge in [-0.15, -0.1) is 0 Å². The summed E-state index contributed by atoms with van der Waals surface area (Å²) in [6.07, 6.45) is 7.47. The average molecular weight is 156 g/mol. The lowest BCUT2D eigenvalue weighted by atomic mass is 9.81. The zero-order valence-electron chi connectivity index (χ0n) is 7.44. The van der Waals surface area contributed by atoms with Gasteiger partial charge in [0, 0.05) is 0 Å². The molecule has 0 heterocycles. The maximum atomic E-state index is 13.9. The van der Waals surface area contributed by atoms with Crippen LogP contribution in [0.5, 0.6) is 0 Å². The molecule has 64 valence electrons. The third kappa shape index (κ3) is 1.82. The molecule has 0 aliphatic heterocycles. The zero-order valence-corrected chi connectivity index (χ0v) is 7.44. The van der Waals surface area contributed by atoms with Crippen LogP contribution in [0, 0.1) is 5.92 Å². The molecule has 0 nitrogen and oxygen atoms in total. The highest BCUT2D eigenvalue weighted by Crippen LogP contribution is 2.34. The third-order valence-corrected chi connectivity index (χ3v) is 2.76. The van der Waals surface area contributed by atoms with Crippen molar-refractivity contribution < 1.29 is 4.39 Å². The first-order valence-electron chi connectivity index (χ1n) is 4.55. The van der Waals surface area contributed by atoms with Crippen molar-refractivity contribution in [3.63, 3.8) is 0 Å². The van der Waals surface area contributed by atoms with Crippen LogP contribution in [0.4, 0.5) is 4.39 Å². The molecule has 0 aromatic heterocycles. The number of hydrogen-bond donors (Lipinski definition) is 0. The summed E-state index contributed by atoms with van der Waals surface area (Å²) in [7, 11) is 0. The summed E-state index contributed by atoms with van der Waals surface area (Å²) < 4.78 is 13.9. The van der Waals surface area contributed by atoms with E-state index >= 15 is 0 Å². The molecule has 2 atom stereocenters. The van der Waals surface area contributed by atoms with Crippen molar-refractivity contribution in [1.29, 1.82) is 0 Å². The van der Waals surface area contributed by atoms with Gasteiger partial charge in [-0.1, -0.05) is 32.4 Å². The molecule has 0 saturated carbocycles. The van der Waals surface area contributed by atoms with Crippen molar-refractivity contribution in [3.05, 3.63) is 12.2 Å². The van der Waals surface area contributed by atoms with Crippen molar-refractivity contribution in [1.82, 2.24) is 0 Å². The number of alkyl halides is 1. The second-order valence-electron chi connectivity index (χ2n) is 3.53. The van der Waals surface area contributed by atoms with Gasteiger partial charge in [-0.2, -0.15) is 0 Å². The van der Waals surface area contributed by atoms with Crippen LogP contribution in [0.15, 0.2) is 12.2 Å². The van der Waals surface area contributed by atoms with Gasteiger partial charge in [-0.05, 0) is 25.2 Å². The quantitative estimate of drug-likeness (QED) is 0.537. The van der Waals surface area contributed by atoms with E-state index in [2.05, 4.69) is 6.92 Å². The Labute approximate surface area is 68.5 Å². The molecule has 0 fully saturated rings. The minimum absolute atomic E-state index is 0.180. The van der Waals surface area contributed by atoms with Crippen LogP contribution in [0.2, 0.25) is 0 Å². The maximum absolute atomic E-state index is 13.9. The van der Waals surface area contributed by atoms with Gasteiger partial charge in [0.1, 0.15) is 5.67 Å². The lowest BCUT2D eigenvalue weighted by Gasteiger charge is -2.30. The number of rotatable bonds is 2. The summed E-state index contributed by atoms with van der Waals surface area (Å²) >= 11 is 0. The highest BCUT2D eigenvalue weighted by atomic mass is 19.1. The van der Waals surface area contributed by atoms with Crippen LogP contribution in [-0.2, 0) is 0 Å². The molecule has 0 spiro atoms. The summed E-state index contributed by atoms with van der Waals surface area (Å²) in [4.78, 5) is 0. The van der Waals surface area contributed by atoms with Gasteiger partial charge < -0.3 is 0 Å². The van der Waals surface area contributed by atoms with Crippen molar-refractivity contribution >= 4 is 0 Å². The van der Waals surface area contributed by atoms with E-state index in [1.807, 2.05) is 13.0 Å². The summed E-state index contributed by atoms with van der Waals surface area (Å²) in [5, 5.41) is 0. The molecule has 1 aliphatic carbocycles. The van der Waals surface area contributed by atoms with Gasteiger partial charge in [0.15, 0.2) is 0 Å². The molecule has 1 aliphatic rings. The Morgan fingerprint density at radius 3 is 2.82 bits per heavy atom. The van der Waals surface area contributed by atoms with Gasteiger partial charge in [-0.3, -0.25) is 0 Å². The van der Waals surface area contributed by atoms with Crippen LogP contribution in [0.25, 0.3) is 0 Å². The molecule has 0 aromatic carbocycles. The van der Waals surface area contributed by atoms with Crippen molar-refractivity contribution in [2.24, 2.45) is 5.92 Å². The second kappa shape index (κ2) is 3.38. The van der Waals surface area contributed by atoms with E-state index in [0.29, 0.717) is 0 Å². The first-order valence-corrected chi connectivity index (χ1v) is 4.55. The van der Waals surface area contributed by atoms with Crippen LogP contribution in [0.1, 0.15) is 39.5 Å². The lowest BCUT2D eigenvalue weighted by Crippen LogP contribution is -2.30. The van der Waals surface area contributed by atoms with E-state index in [1.165, 1.54) is 0 Å². The Balaban J connectivity index is 2.63. The number of halogens is 1. The molecule has 0 amide bonds. The molecule has 1 unspecified atom stereocenters. The molecule has 0 saturated heterocycles. The molecular formula is C10H17F. The fourth-order valence-corrected chi connectivity index (χ4v) is 1.60. The van der Waals surface area contributed by atoms with E-state index in [4.69, 9.17) is 0 Å². The highest BCUT2D eigenvalue weighted by Gasteiger charge is 2.32. The Morgan fingerprint density at radius 2 is 2.36 bits per heavy atom. The van der Waals surface area contributed by atoms with Crippen LogP contribution < -0.4 is 0 Å². The molecular weight excluding hydrogens is 139 g/mol.